The summed E-state index contributed by atoms with van der Waals surface area (Å²) in [6.45, 7) is 4.26. The summed E-state index contributed by atoms with van der Waals surface area (Å²) in [5, 5.41) is 0.533. The number of carbonyl (C=O) groups is 2. The summed E-state index contributed by atoms with van der Waals surface area (Å²) >= 11 is 5.93. The molecule has 3 N–H and O–H groups in total. The molecule has 8 nitrogen and oxygen atoms in total. The van der Waals surface area contributed by atoms with Crippen LogP contribution >= 0.6 is 11.6 Å². The summed E-state index contributed by atoms with van der Waals surface area (Å²) < 4.78 is 25.6. The summed E-state index contributed by atoms with van der Waals surface area (Å²) in [5.74, 6) is -1.40. The smallest absolute Gasteiger partial charge is 0.274 e. The molecule has 31 heavy (non-hydrogen) atoms. The van der Waals surface area contributed by atoms with Crippen LogP contribution in [-0.2, 0) is 26.0 Å². The van der Waals surface area contributed by atoms with E-state index in [1.165, 1.54) is 23.1 Å². The van der Waals surface area contributed by atoms with Crippen LogP contribution in [0.2, 0.25) is 5.02 Å². The molecule has 0 unspecified atom stereocenters. The molecule has 2 aromatic rings. The van der Waals surface area contributed by atoms with Gasteiger partial charge in [-0.05, 0) is 41.8 Å². The zero-order valence-electron chi connectivity index (χ0n) is 17.2. The van der Waals surface area contributed by atoms with Crippen LogP contribution in [0.3, 0.4) is 0 Å². The fourth-order valence-corrected chi connectivity index (χ4v) is 4.80. The second kappa shape index (κ2) is 9.35. The minimum Gasteiger partial charge on any atom is -0.319 e. The molecular formula is C21H24ClN3O5S. The Balaban J connectivity index is 2.01. The van der Waals surface area contributed by atoms with Crippen molar-refractivity contribution in [2.75, 3.05) is 17.3 Å². The number of rotatable bonds is 6. The molecule has 0 fully saturated rings. The molecule has 3 rings (SSSR count). The fourth-order valence-electron chi connectivity index (χ4n) is 3.12. The van der Waals surface area contributed by atoms with Gasteiger partial charge in [0, 0.05) is 10.6 Å². The van der Waals surface area contributed by atoms with Gasteiger partial charge in [-0.25, -0.2) is 13.9 Å². The number of anilines is 1. The number of benzene rings is 2. The molecule has 1 atom stereocenters. The van der Waals surface area contributed by atoms with E-state index in [1.54, 1.807) is 24.3 Å². The predicted octanol–water partition coefficient (Wildman–Crippen LogP) is 2.31. The van der Waals surface area contributed by atoms with Gasteiger partial charge in [0.2, 0.25) is 5.91 Å². The zero-order valence-corrected chi connectivity index (χ0v) is 18.7. The maximum absolute atomic E-state index is 13.0. The number of amides is 2. The first-order chi connectivity index (χ1) is 14.6. The first-order valence-electron chi connectivity index (χ1n) is 9.69. The molecule has 10 heteroatoms. The van der Waals surface area contributed by atoms with Gasteiger partial charge >= 0.3 is 0 Å². The Kier molecular flexibility index (Phi) is 7.00. The number of nitrogens with one attached hydrogen (secondary N) is 1. The van der Waals surface area contributed by atoms with Crippen LogP contribution in [-0.4, -0.2) is 38.6 Å². The minimum atomic E-state index is -3.83. The highest BCUT2D eigenvalue weighted by Crippen LogP contribution is 2.32. The quantitative estimate of drug-likeness (QED) is 0.632. The van der Waals surface area contributed by atoms with Gasteiger partial charge < -0.3 is 10.6 Å². The van der Waals surface area contributed by atoms with Gasteiger partial charge in [-0.3, -0.25) is 14.4 Å². The highest BCUT2D eigenvalue weighted by molar-refractivity contribution is 7.91. The number of hydroxylamine groups is 1. The highest BCUT2D eigenvalue weighted by Gasteiger charge is 2.36. The average Bonchev–Trinajstić information content (AvgIpc) is 2.77. The molecule has 0 aromatic heterocycles. The molecule has 1 aliphatic rings. The Morgan fingerprint density at radius 2 is 1.94 bits per heavy atom. The van der Waals surface area contributed by atoms with Crippen LogP contribution in [0.1, 0.15) is 29.8 Å². The number of fused-ring (bicyclic) bond motifs is 1. The largest absolute Gasteiger partial charge is 0.319 e. The molecule has 0 bridgehead atoms. The number of carbonyl (C=O) groups excluding carboxylic acids is 2. The van der Waals surface area contributed by atoms with E-state index in [4.69, 9.17) is 22.2 Å². The van der Waals surface area contributed by atoms with E-state index in [2.05, 4.69) is 5.48 Å². The first-order valence-corrected chi connectivity index (χ1v) is 11.7. The van der Waals surface area contributed by atoms with Crippen molar-refractivity contribution in [2.24, 2.45) is 11.7 Å². The van der Waals surface area contributed by atoms with Gasteiger partial charge in [0.05, 0.1) is 35.5 Å². The maximum Gasteiger partial charge on any atom is 0.274 e. The van der Waals surface area contributed by atoms with Crippen LogP contribution in [0.5, 0.6) is 0 Å². The van der Waals surface area contributed by atoms with E-state index < -0.39 is 33.4 Å². The predicted molar refractivity (Wildman–Crippen MR) is 117 cm³/mol. The molecule has 0 spiro atoms. The van der Waals surface area contributed by atoms with E-state index in [0.717, 1.165) is 5.56 Å². The summed E-state index contributed by atoms with van der Waals surface area (Å²) in [6, 6.07) is 9.66. The standard InChI is InChI=1S/C21H24ClN3O5S/c1-13(2)11-30-24-20(26)15-5-8-19-18(9-15)25(10-14-3-6-16(22)7-4-14)21(27)17(23)12-31(19,28)29/h3-9,13,17H,10-12,23H2,1-2H3,(H,24,26)/t17-/m0/s1. The van der Waals surface area contributed by atoms with E-state index >= 15 is 0 Å². The topological polar surface area (TPSA) is 119 Å². The minimum absolute atomic E-state index is 0.0533. The second-order valence-corrected chi connectivity index (χ2v) is 10.2. The lowest BCUT2D eigenvalue weighted by atomic mass is 10.1. The maximum atomic E-state index is 13.0. The van der Waals surface area contributed by atoms with E-state index in [9.17, 15) is 18.0 Å². The van der Waals surface area contributed by atoms with E-state index in [1.807, 2.05) is 13.8 Å². The van der Waals surface area contributed by atoms with Crippen LogP contribution < -0.4 is 16.1 Å². The fraction of sp³-hybridized carbons (Fsp3) is 0.333. The van der Waals surface area contributed by atoms with Crippen molar-refractivity contribution in [3.63, 3.8) is 0 Å². The molecule has 2 aromatic carbocycles. The van der Waals surface area contributed by atoms with Gasteiger partial charge in [-0.1, -0.05) is 37.6 Å². The Morgan fingerprint density at radius 3 is 2.58 bits per heavy atom. The van der Waals surface area contributed by atoms with Crippen molar-refractivity contribution in [1.29, 1.82) is 0 Å². The Morgan fingerprint density at radius 1 is 1.26 bits per heavy atom. The molecule has 2 amide bonds. The third-order valence-electron chi connectivity index (χ3n) is 4.66. The Hall–Kier alpha value is -2.46. The number of sulfone groups is 1. The molecular weight excluding hydrogens is 442 g/mol. The summed E-state index contributed by atoms with van der Waals surface area (Å²) in [5.41, 5.74) is 9.22. The Bertz CT molecular complexity index is 1090. The molecule has 1 aliphatic heterocycles. The van der Waals surface area contributed by atoms with Gasteiger partial charge in [-0.2, -0.15) is 0 Å². The molecule has 0 aliphatic carbocycles. The van der Waals surface area contributed by atoms with Crippen LogP contribution in [0.4, 0.5) is 5.69 Å². The molecule has 0 radical (unpaired) electrons. The van der Waals surface area contributed by atoms with Gasteiger partial charge in [0.15, 0.2) is 9.84 Å². The van der Waals surface area contributed by atoms with Crippen molar-refractivity contribution >= 4 is 38.9 Å². The van der Waals surface area contributed by atoms with Gasteiger partial charge in [0.25, 0.3) is 5.91 Å². The number of halogens is 1. The Labute approximate surface area is 186 Å². The van der Waals surface area contributed by atoms with Crippen LogP contribution in [0.25, 0.3) is 0 Å². The number of hydrogen-bond acceptors (Lipinski definition) is 6. The lowest BCUT2D eigenvalue weighted by Crippen LogP contribution is -2.45. The van der Waals surface area contributed by atoms with Gasteiger partial charge in [0.1, 0.15) is 0 Å². The molecule has 0 saturated carbocycles. The molecule has 1 heterocycles. The highest BCUT2D eigenvalue weighted by atomic mass is 35.5. The van der Waals surface area contributed by atoms with Crippen molar-refractivity contribution in [2.45, 2.75) is 31.3 Å². The molecule has 166 valence electrons. The lowest BCUT2D eigenvalue weighted by molar-refractivity contribution is -0.119. The van der Waals surface area contributed by atoms with E-state index in [0.29, 0.717) is 11.6 Å². The SMILES string of the molecule is CC(C)CONC(=O)c1ccc2c(c1)N(Cc1ccc(Cl)cc1)C(=O)[C@@H](N)CS2(=O)=O. The zero-order chi connectivity index (χ0) is 22.8. The number of hydrogen-bond donors (Lipinski definition) is 2. The second-order valence-electron chi connectivity index (χ2n) is 7.76. The van der Waals surface area contributed by atoms with Crippen LogP contribution in [0.15, 0.2) is 47.4 Å². The monoisotopic (exact) mass is 465 g/mol. The summed E-state index contributed by atoms with van der Waals surface area (Å²) in [4.78, 5) is 31.9. The molecule has 0 saturated heterocycles. The van der Waals surface area contributed by atoms with Crippen molar-refractivity contribution in [3.8, 4) is 0 Å². The van der Waals surface area contributed by atoms with Gasteiger partial charge in [-0.15, -0.1) is 0 Å². The third-order valence-corrected chi connectivity index (χ3v) is 6.73. The summed E-state index contributed by atoms with van der Waals surface area (Å²) in [6.07, 6.45) is 0. The number of nitrogens with zero attached hydrogens (tertiary/aromatic N) is 1. The van der Waals surface area contributed by atoms with Crippen LogP contribution in [0, 0.1) is 5.92 Å². The normalized spacial score (nSPS) is 17.9. The summed E-state index contributed by atoms with van der Waals surface area (Å²) in [7, 11) is -3.83. The van der Waals surface area contributed by atoms with Crippen molar-refractivity contribution in [3.05, 3.63) is 58.6 Å². The van der Waals surface area contributed by atoms with Crippen molar-refractivity contribution < 1.29 is 22.8 Å². The van der Waals surface area contributed by atoms with E-state index in [-0.39, 0.29) is 28.6 Å². The number of nitrogens with two attached hydrogens (primary N) is 1. The third kappa shape index (κ3) is 5.43. The lowest BCUT2D eigenvalue weighted by Gasteiger charge is -2.24. The average molecular weight is 466 g/mol. The van der Waals surface area contributed by atoms with Crippen molar-refractivity contribution in [1.82, 2.24) is 5.48 Å². The first kappa shape index (κ1) is 23.2.